The lowest BCUT2D eigenvalue weighted by Crippen LogP contribution is -2.23. The molecule has 3 aromatic rings. The quantitative estimate of drug-likeness (QED) is 0.657. The summed E-state index contributed by atoms with van der Waals surface area (Å²) in [4.78, 5) is 12.5. The van der Waals surface area contributed by atoms with Crippen LogP contribution in [0.25, 0.3) is 11.5 Å². The molecule has 0 aliphatic carbocycles. The fourth-order valence-corrected chi connectivity index (χ4v) is 3.30. The molecule has 1 N–H and O–H groups in total. The maximum atomic E-state index is 12.5. The summed E-state index contributed by atoms with van der Waals surface area (Å²) >= 11 is 1.25. The Labute approximate surface area is 157 Å². The molecule has 0 unspecified atom stereocenters. The summed E-state index contributed by atoms with van der Waals surface area (Å²) in [6.07, 6.45) is 0. The number of thioether (sulfide) groups is 1. The van der Waals surface area contributed by atoms with Gasteiger partial charge in [0, 0.05) is 11.3 Å². The molecule has 0 radical (unpaired) electrons. The van der Waals surface area contributed by atoms with E-state index in [0.717, 1.165) is 27.9 Å². The minimum Gasteiger partial charge on any atom is -0.411 e. The van der Waals surface area contributed by atoms with Gasteiger partial charge in [-0.3, -0.25) is 4.79 Å². The van der Waals surface area contributed by atoms with Gasteiger partial charge in [0.1, 0.15) is 0 Å². The van der Waals surface area contributed by atoms with Gasteiger partial charge >= 0.3 is 0 Å². The number of para-hydroxylation sites is 1. The molecule has 0 spiro atoms. The zero-order valence-corrected chi connectivity index (χ0v) is 16.1. The Hall–Kier alpha value is -2.60. The second kappa shape index (κ2) is 7.74. The second-order valence-corrected chi connectivity index (χ2v) is 7.50. The molecule has 0 fully saturated rings. The van der Waals surface area contributed by atoms with Crippen molar-refractivity contribution in [2.45, 2.75) is 38.2 Å². The summed E-state index contributed by atoms with van der Waals surface area (Å²) < 4.78 is 5.73. The van der Waals surface area contributed by atoms with Gasteiger partial charge in [0.2, 0.25) is 11.8 Å². The molecule has 0 aliphatic heterocycles. The van der Waals surface area contributed by atoms with Crippen molar-refractivity contribution >= 4 is 23.4 Å². The standard InChI is InChI=1S/C20H21N3O2S/c1-12-8-5-6-11-16(12)19-22-23-20(25-19)26-15(4)18(24)21-17-13(2)9-7-10-14(17)3/h5-11,15H,1-4H3,(H,21,24)/t15-/m0/s1. The van der Waals surface area contributed by atoms with Gasteiger partial charge in [-0.25, -0.2) is 0 Å². The fraction of sp³-hybridized carbons (Fsp3) is 0.250. The molecule has 1 amide bonds. The zero-order chi connectivity index (χ0) is 18.7. The van der Waals surface area contributed by atoms with Crippen molar-refractivity contribution in [3.8, 4) is 11.5 Å². The number of amides is 1. The summed E-state index contributed by atoms with van der Waals surface area (Å²) in [7, 11) is 0. The van der Waals surface area contributed by atoms with Crippen molar-refractivity contribution in [3.05, 3.63) is 59.2 Å². The van der Waals surface area contributed by atoms with Crippen molar-refractivity contribution in [2.75, 3.05) is 5.32 Å². The van der Waals surface area contributed by atoms with Gasteiger partial charge in [0.15, 0.2) is 0 Å². The normalized spacial score (nSPS) is 12.0. The van der Waals surface area contributed by atoms with Gasteiger partial charge in [0.05, 0.1) is 5.25 Å². The Kier molecular flexibility index (Phi) is 5.42. The first-order valence-electron chi connectivity index (χ1n) is 8.39. The van der Waals surface area contributed by atoms with E-state index in [1.807, 2.05) is 70.2 Å². The maximum Gasteiger partial charge on any atom is 0.277 e. The molecular weight excluding hydrogens is 346 g/mol. The average Bonchev–Trinajstić information content (AvgIpc) is 3.06. The predicted octanol–water partition coefficient (Wildman–Crippen LogP) is 4.78. The van der Waals surface area contributed by atoms with Crippen LogP contribution in [0.5, 0.6) is 0 Å². The van der Waals surface area contributed by atoms with Crippen LogP contribution >= 0.6 is 11.8 Å². The van der Waals surface area contributed by atoms with Gasteiger partial charge in [-0.1, -0.05) is 48.2 Å². The Morgan fingerprint density at radius 3 is 2.35 bits per heavy atom. The smallest absolute Gasteiger partial charge is 0.277 e. The van der Waals surface area contributed by atoms with E-state index in [4.69, 9.17) is 4.42 Å². The number of hydrogen-bond acceptors (Lipinski definition) is 5. The van der Waals surface area contributed by atoms with E-state index in [1.54, 1.807) is 0 Å². The van der Waals surface area contributed by atoms with Crippen LogP contribution in [-0.2, 0) is 4.79 Å². The molecule has 0 saturated heterocycles. The van der Waals surface area contributed by atoms with Crippen LogP contribution in [0.15, 0.2) is 52.1 Å². The largest absolute Gasteiger partial charge is 0.411 e. The number of rotatable bonds is 5. The molecule has 2 aromatic carbocycles. The van der Waals surface area contributed by atoms with E-state index < -0.39 is 0 Å². The van der Waals surface area contributed by atoms with Crippen LogP contribution < -0.4 is 5.32 Å². The lowest BCUT2D eigenvalue weighted by Gasteiger charge is -2.14. The number of carbonyl (C=O) groups excluding carboxylic acids is 1. The van der Waals surface area contributed by atoms with E-state index in [0.29, 0.717) is 11.1 Å². The minimum absolute atomic E-state index is 0.0944. The van der Waals surface area contributed by atoms with Gasteiger partial charge in [0.25, 0.3) is 5.22 Å². The highest BCUT2D eigenvalue weighted by Gasteiger charge is 2.20. The SMILES string of the molecule is Cc1ccccc1-c1nnc(S[C@@H](C)C(=O)Nc2c(C)cccc2C)o1. The fourth-order valence-electron chi connectivity index (χ4n) is 2.62. The number of nitrogens with one attached hydrogen (secondary N) is 1. The van der Waals surface area contributed by atoms with Crippen LogP contribution in [0.2, 0.25) is 0 Å². The summed E-state index contributed by atoms with van der Waals surface area (Å²) in [5.41, 5.74) is 4.90. The molecular formula is C20H21N3O2S. The van der Waals surface area contributed by atoms with Crippen LogP contribution in [-0.4, -0.2) is 21.4 Å². The molecule has 134 valence electrons. The van der Waals surface area contributed by atoms with E-state index in [1.165, 1.54) is 11.8 Å². The highest BCUT2D eigenvalue weighted by Crippen LogP contribution is 2.28. The van der Waals surface area contributed by atoms with Crippen LogP contribution in [0.1, 0.15) is 23.6 Å². The number of aryl methyl sites for hydroxylation is 3. The van der Waals surface area contributed by atoms with Crippen molar-refractivity contribution in [1.82, 2.24) is 10.2 Å². The molecule has 6 heteroatoms. The van der Waals surface area contributed by atoms with Crippen molar-refractivity contribution in [1.29, 1.82) is 0 Å². The first-order chi connectivity index (χ1) is 12.5. The zero-order valence-electron chi connectivity index (χ0n) is 15.2. The Morgan fingerprint density at radius 1 is 1.00 bits per heavy atom. The lowest BCUT2D eigenvalue weighted by molar-refractivity contribution is -0.115. The van der Waals surface area contributed by atoms with E-state index in [2.05, 4.69) is 15.5 Å². The summed E-state index contributed by atoms with van der Waals surface area (Å²) in [5, 5.41) is 11.2. The van der Waals surface area contributed by atoms with E-state index >= 15 is 0 Å². The van der Waals surface area contributed by atoms with E-state index in [-0.39, 0.29) is 11.2 Å². The monoisotopic (exact) mass is 367 g/mol. The molecule has 0 bridgehead atoms. The molecule has 1 heterocycles. The topological polar surface area (TPSA) is 68.0 Å². The molecule has 0 saturated carbocycles. The predicted molar refractivity (Wildman–Crippen MR) is 104 cm³/mol. The Balaban J connectivity index is 1.69. The Morgan fingerprint density at radius 2 is 1.65 bits per heavy atom. The maximum absolute atomic E-state index is 12.5. The molecule has 5 nitrogen and oxygen atoms in total. The lowest BCUT2D eigenvalue weighted by atomic mass is 10.1. The number of anilines is 1. The molecule has 3 rings (SSSR count). The molecule has 26 heavy (non-hydrogen) atoms. The number of benzene rings is 2. The van der Waals surface area contributed by atoms with Crippen LogP contribution in [0.4, 0.5) is 5.69 Å². The third kappa shape index (κ3) is 3.96. The number of hydrogen-bond donors (Lipinski definition) is 1. The minimum atomic E-state index is -0.362. The molecule has 0 aliphatic rings. The highest BCUT2D eigenvalue weighted by atomic mass is 32.2. The van der Waals surface area contributed by atoms with Crippen LogP contribution in [0, 0.1) is 20.8 Å². The third-order valence-electron chi connectivity index (χ3n) is 4.16. The Bertz CT molecular complexity index is 916. The van der Waals surface area contributed by atoms with Gasteiger partial charge in [-0.05, 0) is 50.5 Å². The van der Waals surface area contributed by atoms with Crippen molar-refractivity contribution in [2.24, 2.45) is 0 Å². The summed E-state index contributed by atoms with van der Waals surface area (Å²) in [5.74, 6) is 0.371. The third-order valence-corrected chi connectivity index (χ3v) is 5.09. The van der Waals surface area contributed by atoms with Gasteiger partial charge in [-0.15, -0.1) is 10.2 Å². The number of nitrogens with zero attached hydrogens (tertiary/aromatic N) is 2. The number of carbonyl (C=O) groups is 1. The number of aromatic nitrogens is 2. The van der Waals surface area contributed by atoms with Gasteiger partial charge < -0.3 is 9.73 Å². The van der Waals surface area contributed by atoms with E-state index in [9.17, 15) is 4.79 Å². The summed E-state index contributed by atoms with van der Waals surface area (Å²) in [6, 6.07) is 13.8. The highest BCUT2D eigenvalue weighted by molar-refractivity contribution is 8.00. The summed E-state index contributed by atoms with van der Waals surface area (Å²) in [6.45, 7) is 7.78. The van der Waals surface area contributed by atoms with Crippen LogP contribution in [0.3, 0.4) is 0 Å². The second-order valence-electron chi connectivity index (χ2n) is 6.20. The first kappa shape index (κ1) is 18.2. The molecule has 1 aromatic heterocycles. The van der Waals surface area contributed by atoms with Crippen molar-refractivity contribution in [3.63, 3.8) is 0 Å². The average molecular weight is 367 g/mol. The first-order valence-corrected chi connectivity index (χ1v) is 9.27. The molecule has 1 atom stereocenters. The van der Waals surface area contributed by atoms with Gasteiger partial charge in [-0.2, -0.15) is 0 Å². The van der Waals surface area contributed by atoms with Crippen molar-refractivity contribution < 1.29 is 9.21 Å².